The molecule has 0 aliphatic carbocycles. The molecule has 0 aliphatic rings. The van der Waals surface area contributed by atoms with E-state index in [0.717, 1.165) is 16.9 Å². The van der Waals surface area contributed by atoms with Crippen LogP contribution in [-0.2, 0) is 11.2 Å². The highest BCUT2D eigenvalue weighted by atomic mass is 16.5. The minimum Gasteiger partial charge on any atom is -0.491 e. The first kappa shape index (κ1) is 17.1. The number of hydrogen-bond acceptors (Lipinski definition) is 2. The molecule has 2 aromatic rings. The number of ether oxygens (including phenoxy) is 1. The van der Waals surface area contributed by atoms with Crippen molar-refractivity contribution < 1.29 is 9.53 Å². The predicted octanol–water partition coefficient (Wildman–Crippen LogP) is 3.74. The molecule has 0 aromatic heterocycles. The van der Waals surface area contributed by atoms with E-state index in [1.165, 1.54) is 11.1 Å². The van der Waals surface area contributed by atoms with E-state index in [2.05, 4.69) is 31.3 Å². The first-order valence-electron chi connectivity index (χ1n) is 7.99. The smallest absolute Gasteiger partial charge is 0.224 e. The fraction of sp³-hybridized carbons (Fsp3) is 0.350. The molecule has 1 amide bonds. The van der Waals surface area contributed by atoms with Crippen molar-refractivity contribution in [1.82, 2.24) is 5.32 Å². The third-order valence-electron chi connectivity index (χ3n) is 3.93. The normalized spacial score (nSPS) is 11.8. The van der Waals surface area contributed by atoms with E-state index in [1.54, 1.807) is 0 Å². The Morgan fingerprint density at radius 1 is 1.04 bits per heavy atom. The number of para-hydroxylation sites is 1. The number of aryl methyl sites for hydroxylation is 3. The van der Waals surface area contributed by atoms with Gasteiger partial charge < -0.3 is 10.1 Å². The lowest BCUT2D eigenvalue weighted by Gasteiger charge is -2.16. The van der Waals surface area contributed by atoms with E-state index in [0.29, 0.717) is 13.0 Å². The maximum absolute atomic E-state index is 12.1. The molecule has 3 heteroatoms. The van der Waals surface area contributed by atoms with Crippen molar-refractivity contribution in [2.24, 2.45) is 0 Å². The van der Waals surface area contributed by atoms with Crippen molar-refractivity contribution in [3.8, 4) is 5.75 Å². The molecule has 122 valence electrons. The average molecular weight is 311 g/mol. The SMILES string of the molecule is Cc1ccc(CC(=O)N[C@@H](C)COc2ccccc2C)cc1C. The van der Waals surface area contributed by atoms with Crippen molar-refractivity contribution in [1.29, 1.82) is 0 Å². The summed E-state index contributed by atoms with van der Waals surface area (Å²) in [6.07, 6.45) is 0.399. The van der Waals surface area contributed by atoms with Crippen LogP contribution in [0.3, 0.4) is 0 Å². The second-order valence-electron chi connectivity index (χ2n) is 6.14. The monoisotopic (exact) mass is 311 g/mol. The van der Waals surface area contributed by atoms with Gasteiger partial charge in [-0.3, -0.25) is 4.79 Å². The molecule has 1 N–H and O–H groups in total. The lowest BCUT2D eigenvalue weighted by Crippen LogP contribution is -2.37. The molecule has 0 unspecified atom stereocenters. The van der Waals surface area contributed by atoms with Gasteiger partial charge in [0.15, 0.2) is 0 Å². The van der Waals surface area contributed by atoms with Crippen LogP contribution in [0.2, 0.25) is 0 Å². The number of carbonyl (C=O) groups is 1. The number of amides is 1. The molecular formula is C20H25NO2. The molecule has 23 heavy (non-hydrogen) atoms. The van der Waals surface area contributed by atoms with Gasteiger partial charge in [-0.2, -0.15) is 0 Å². The lowest BCUT2D eigenvalue weighted by molar-refractivity contribution is -0.121. The highest BCUT2D eigenvalue weighted by Crippen LogP contribution is 2.16. The summed E-state index contributed by atoms with van der Waals surface area (Å²) in [6, 6.07) is 14.0. The van der Waals surface area contributed by atoms with Crippen LogP contribution in [0.15, 0.2) is 42.5 Å². The standard InChI is InChI=1S/C20H25NO2/c1-14-9-10-18(11-16(14)3)12-20(22)21-17(4)13-23-19-8-6-5-7-15(19)2/h5-11,17H,12-13H2,1-4H3,(H,21,22)/t17-/m0/s1. The van der Waals surface area contributed by atoms with Gasteiger partial charge in [-0.25, -0.2) is 0 Å². The molecule has 2 aromatic carbocycles. The van der Waals surface area contributed by atoms with Crippen molar-refractivity contribution >= 4 is 5.91 Å². The van der Waals surface area contributed by atoms with Gasteiger partial charge in [-0.1, -0.05) is 36.4 Å². The molecule has 3 nitrogen and oxygen atoms in total. The Bertz CT molecular complexity index is 679. The highest BCUT2D eigenvalue weighted by molar-refractivity contribution is 5.78. The molecule has 0 fully saturated rings. The predicted molar refractivity (Wildman–Crippen MR) is 93.9 cm³/mol. The lowest BCUT2D eigenvalue weighted by atomic mass is 10.0. The summed E-state index contributed by atoms with van der Waals surface area (Å²) in [5.41, 5.74) is 4.60. The second kappa shape index (κ2) is 7.82. The molecule has 0 heterocycles. The summed E-state index contributed by atoms with van der Waals surface area (Å²) in [4.78, 5) is 12.1. The fourth-order valence-electron chi connectivity index (χ4n) is 2.40. The number of hydrogen-bond donors (Lipinski definition) is 1. The maximum atomic E-state index is 12.1. The van der Waals surface area contributed by atoms with E-state index < -0.39 is 0 Å². The van der Waals surface area contributed by atoms with Gasteiger partial charge in [-0.15, -0.1) is 0 Å². The minimum atomic E-state index is -0.0337. The van der Waals surface area contributed by atoms with E-state index in [4.69, 9.17) is 4.74 Å². The molecule has 0 radical (unpaired) electrons. The van der Waals surface area contributed by atoms with Crippen LogP contribution < -0.4 is 10.1 Å². The Labute approximate surface area is 138 Å². The Morgan fingerprint density at radius 3 is 2.48 bits per heavy atom. The molecule has 2 rings (SSSR count). The number of rotatable bonds is 6. The summed E-state index contributed by atoms with van der Waals surface area (Å²) in [6.45, 7) is 8.57. The number of nitrogens with one attached hydrogen (secondary N) is 1. The average Bonchev–Trinajstić information content (AvgIpc) is 2.50. The molecule has 0 saturated heterocycles. The number of benzene rings is 2. The van der Waals surface area contributed by atoms with Gasteiger partial charge in [0.05, 0.1) is 12.5 Å². The highest BCUT2D eigenvalue weighted by Gasteiger charge is 2.10. The van der Waals surface area contributed by atoms with Gasteiger partial charge in [0.2, 0.25) is 5.91 Å². The zero-order chi connectivity index (χ0) is 16.8. The summed E-state index contributed by atoms with van der Waals surface area (Å²) >= 11 is 0. The van der Waals surface area contributed by atoms with E-state index in [-0.39, 0.29) is 11.9 Å². The Hall–Kier alpha value is -2.29. The zero-order valence-electron chi connectivity index (χ0n) is 14.3. The van der Waals surface area contributed by atoms with Gasteiger partial charge in [0, 0.05) is 0 Å². The van der Waals surface area contributed by atoms with Crippen molar-refractivity contribution in [2.45, 2.75) is 40.2 Å². The van der Waals surface area contributed by atoms with Crippen LogP contribution in [-0.4, -0.2) is 18.6 Å². The largest absolute Gasteiger partial charge is 0.491 e. The Morgan fingerprint density at radius 2 is 1.78 bits per heavy atom. The third kappa shape index (κ3) is 5.13. The van der Waals surface area contributed by atoms with E-state index in [9.17, 15) is 4.79 Å². The van der Waals surface area contributed by atoms with Gasteiger partial charge in [-0.05, 0) is 56.0 Å². The first-order chi connectivity index (χ1) is 11.0. The molecule has 1 atom stereocenters. The van der Waals surface area contributed by atoms with Gasteiger partial charge in [0.1, 0.15) is 12.4 Å². The second-order valence-corrected chi connectivity index (χ2v) is 6.14. The zero-order valence-corrected chi connectivity index (χ0v) is 14.3. The summed E-state index contributed by atoms with van der Waals surface area (Å²) in [5.74, 6) is 0.886. The summed E-state index contributed by atoms with van der Waals surface area (Å²) in [5, 5.41) is 2.99. The van der Waals surface area contributed by atoms with E-state index >= 15 is 0 Å². The van der Waals surface area contributed by atoms with Crippen molar-refractivity contribution in [3.05, 3.63) is 64.7 Å². The van der Waals surface area contributed by atoms with Crippen molar-refractivity contribution in [3.63, 3.8) is 0 Å². The molecule has 0 spiro atoms. The maximum Gasteiger partial charge on any atom is 0.224 e. The Balaban J connectivity index is 1.82. The minimum absolute atomic E-state index is 0.0223. The van der Waals surface area contributed by atoms with Gasteiger partial charge >= 0.3 is 0 Å². The van der Waals surface area contributed by atoms with Crippen LogP contribution >= 0.6 is 0 Å². The molecule has 0 aliphatic heterocycles. The number of carbonyl (C=O) groups excluding carboxylic acids is 1. The summed E-state index contributed by atoms with van der Waals surface area (Å²) < 4.78 is 5.77. The molecule has 0 saturated carbocycles. The fourth-order valence-corrected chi connectivity index (χ4v) is 2.40. The van der Waals surface area contributed by atoms with Crippen LogP contribution in [0.5, 0.6) is 5.75 Å². The van der Waals surface area contributed by atoms with E-state index in [1.807, 2.05) is 44.2 Å². The third-order valence-corrected chi connectivity index (χ3v) is 3.93. The quantitative estimate of drug-likeness (QED) is 0.882. The van der Waals surface area contributed by atoms with Crippen LogP contribution in [0.4, 0.5) is 0 Å². The Kier molecular flexibility index (Phi) is 5.80. The molecule has 0 bridgehead atoms. The van der Waals surface area contributed by atoms with Crippen LogP contribution in [0, 0.1) is 20.8 Å². The topological polar surface area (TPSA) is 38.3 Å². The first-order valence-corrected chi connectivity index (χ1v) is 7.99. The van der Waals surface area contributed by atoms with Crippen LogP contribution in [0.1, 0.15) is 29.2 Å². The van der Waals surface area contributed by atoms with Crippen molar-refractivity contribution in [2.75, 3.05) is 6.61 Å². The molecular weight excluding hydrogens is 286 g/mol. The van der Waals surface area contributed by atoms with Gasteiger partial charge in [0.25, 0.3) is 0 Å². The summed E-state index contributed by atoms with van der Waals surface area (Å²) in [7, 11) is 0. The van der Waals surface area contributed by atoms with Crippen LogP contribution in [0.25, 0.3) is 0 Å².